The van der Waals surface area contributed by atoms with Crippen LogP contribution in [0, 0.1) is 3.57 Å². The maximum absolute atomic E-state index is 12.8. The highest BCUT2D eigenvalue weighted by Crippen LogP contribution is 2.38. The molecule has 0 bridgehead atoms. The molecule has 128 valence electrons. The molecule has 25 heavy (non-hydrogen) atoms. The van der Waals surface area contributed by atoms with E-state index < -0.39 is 0 Å². The quantitative estimate of drug-likeness (QED) is 0.360. The van der Waals surface area contributed by atoms with Crippen molar-refractivity contribution in [3.63, 3.8) is 0 Å². The largest absolute Gasteiger partial charge is 0.507 e. The first-order chi connectivity index (χ1) is 11.9. The summed E-state index contributed by atoms with van der Waals surface area (Å²) in [5, 5.41) is 10.0. The van der Waals surface area contributed by atoms with Gasteiger partial charge in [-0.05, 0) is 64.6 Å². The van der Waals surface area contributed by atoms with E-state index in [4.69, 9.17) is 28.6 Å². The number of aromatic hydroxyl groups is 1. The minimum absolute atomic E-state index is 0.207. The molecule has 1 heterocycles. The summed E-state index contributed by atoms with van der Waals surface area (Å²) in [6.07, 6.45) is 1.76. The molecule has 1 amide bonds. The lowest BCUT2D eigenvalue weighted by Gasteiger charge is -2.15. The summed E-state index contributed by atoms with van der Waals surface area (Å²) in [6.45, 7) is 0. The van der Waals surface area contributed by atoms with Crippen LogP contribution in [0.5, 0.6) is 11.5 Å². The van der Waals surface area contributed by atoms with Gasteiger partial charge in [-0.3, -0.25) is 9.69 Å². The highest BCUT2D eigenvalue weighted by molar-refractivity contribution is 14.1. The molecule has 2 aromatic carbocycles. The molecule has 1 N–H and O–H groups in total. The van der Waals surface area contributed by atoms with E-state index in [2.05, 4.69) is 0 Å². The zero-order valence-electron chi connectivity index (χ0n) is 12.8. The number of phenolic OH excluding ortho intramolecular Hbond substituents is 1. The number of hydrogen-bond acceptors (Lipinski definition) is 5. The lowest BCUT2D eigenvalue weighted by Crippen LogP contribution is -2.27. The second-order valence-electron chi connectivity index (χ2n) is 5.05. The number of nitrogens with zero attached hydrogens (tertiary/aromatic N) is 1. The van der Waals surface area contributed by atoms with E-state index in [9.17, 15) is 9.90 Å². The molecule has 0 aliphatic carbocycles. The SMILES string of the molecule is COc1ccc(N2C(=O)/C(=C/c3ccc(O)c(I)c3)SC2=S)cc1Cl. The van der Waals surface area contributed by atoms with Gasteiger partial charge in [-0.1, -0.05) is 41.6 Å². The van der Waals surface area contributed by atoms with E-state index in [1.807, 2.05) is 22.6 Å². The van der Waals surface area contributed by atoms with Crippen molar-refractivity contribution >= 4 is 80.2 Å². The van der Waals surface area contributed by atoms with Gasteiger partial charge < -0.3 is 9.84 Å². The normalized spacial score (nSPS) is 16.0. The van der Waals surface area contributed by atoms with E-state index in [-0.39, 0.29) is 11.7 Å². The Labute approximate surface area is 172 Å². The molecule has 1 aliphatic heterocycles. The average Bonchev–Trinajstić information content (AvgIpc) is 2.85. The number of halogens is 2. The first-order valence-electron chi connectivity index (χ1n) is 7.00. The first-order valence-corrected chi connectivity index (χ1v) is 9.69. The van der Waals surface area contributed by atoms with Crippen LogP contribution in [0.4, 0.5) is 5.69 Å². The van der Waals surface area contributed by atoms with Crippen molar-refractivity contribution in [2.24, 2.45) is 0 Å². The second kappa shape index (κ2) is 7.53. The predicted molar refractivity (Wildman–Crippen MR) is 114 cm³/mol. The van der Waals surface area contributed by atoms with Crippen molar-refractivity contribution in [3.8, 4) is 11.5 Å². The highest BCUT2D eigenvalue weighted by atomic mass is 127. The van der Waals surface area contributed by atoms with E-state index in [1.54, 1.807) is 42.5 Å². The first kappa shape index (κ1) is 18.5. The van der Waals surface area contributed by atoms with Crippen molar-refractivity contribution < 1.29 is 14.6 Å². The van der Waals surface area contributed by atoms with E-state index in [0.29, 0.717) is 29.3 Å². The van der Waals surface area contributed by atoms with Gasteiger partial charge in [0.2, 0.25) is 0 Å². The second-order valence-corrected chi connectivity index (χ2v) is 8.29. The zero-order valence-corrected chi connectivity index (χ0v) is 17.4. The van der Waals surface area contributed by atoms with Gasteiger partial charge in [-0.15, -0.1) is 0 Å². The van der Waals surface area contributed by atoms with Crippen LogP contribution in [0.3, 0.4) is 0 Å². The Balaban J connectivity index is 1.93. The molecule has 0 atom stereocenters. The molecular weight excluding hydrogens is 493 g/mol. The smallest absolute Gasteiger partial charge is 0.270 e. The molecular formula is C17H11ClINO3S2. The summed E-state index contributed by atoms with van der Waals surface area (Å²) in [7, 11) is 1.53. The maximum atomic E-state index is 12.8. The van der Waals surface area contributed by atoms with Crippen LogP contribution in [-0.4, -0.2) is 22.4 Å². The summed E-state index contributed by atoms with van der Waals surface area (Å²) < 4.78 is 6.28. The number of ether oxygens (including phenoxy) is 1. The van der Waals surface area contributed by atoms with Gasteiger partial charge >= 0.3 is 0 Å². The zero-order chi connectivity index (χ0) is 18.1. The summed E-state index contributed by atoms with van der Waals surface area (Å²) in [6, 6.07) is 10.2. The Hall–Kier alpha value is -1.29. The molecule has 0 saturated carbocycles. The molecule has 8 heteroatoms. The lowest BCUT2D eigenvalue weighted by molar-refractivity contribution is -0.113. The molecule has 0 radical (unpaired) electrons. The van der Waals surface area contributed by atoms with Gasteiger partial charge in [-0.25, -0.2) is 0 Å². The van der Waals surface area contributed by atoms with Crippen LogP contribution in [-0.2, 0) is 4.79 Å². The topological polar surface area (TPSA) is 49.8 Å². The molecule has 3 rings (SSSR count). The summed E-state index contributed by atoms with van der Waals surface area (Å²) in [5.41, 5.74) is 1.41. The molecule has 0 spiro atoms. The van der Waals surface area contributed by atoms with Gasteiger partial charge in [0.1, 0.15) is 11.5 Å². The van der Waals surface area contributed by atoms with Crippen LogP contribution >= 0.6 is 58.2 Å². The summed E-state index contributed by atoms with van der Waals surface area (Å²) in [4.78, 5) is 14.7. The van der Waals surface area contributed by atoms with Gasteiger partial charge in [-0.2, -0.15) is 0 Å². The third kappa shape index (κ3) is 3.79. The Morgan fingerprint density at radius 2 is 2.08 bits per heavy atom. The number of thiocarbonyl (C=S) groups is 1. The van der Waals surface area contributed by atoms with Gasteiger partial charge in [0.05, 0.1) is 26.3 Å². The van der Waals surface area contributed by atoms with E-state index >= 15 is 0 Å². The molecule has 1 aliphatic rings. The van der Waals surface area contributed by atoms with Crippen LogP contribution in [0.15, 0.2) is 41.3 Å². The van der Waals surface area contributed by atoms with E-state index in [0.717, 1.165) is 5.56 Å². The van der Waals surface area contributed by atoms with Crippen molar-refractivity contribution in [1.29, 1.82) is 0 Å². The lowest BCUT2D eigenvalue weighted by atomic mass is 10.2. The number of anilines is 1. The number of thioether (sulfide) groups is 1. The van der Waals surface area contributed by atoms with Crippen molar-refractivity contribution in [3.05, 3.63) is 55.5 Å². The molecule has 1 fully saturated rings. The molecule has 1 saturated heterocycles. The number of rotatable bonds is 3. The van der Waals surface area contributed by atoms with Crippen LogP contribution in [0.1, 0.15) is 5.56 Å². The Morgan fingerprint density at radius 3 is 2.72 bits per heavy atom. The molecule has 2 aromatic rings. The fraction of sp³-hybridized carbons (Fsp3) is 0.0588. The van der Waals surface area contributed by atoms with Gasteiger partial charge in [0.15, 0.2) is 4.32 Å². The third-order valence-electron chi connectivity index (χ3n) is 3.46. The number of methoxy groups -OCH3 is 1. The number of hydrogen-bond donors (Lipinski definition) is 1. The van der Waals surface area contributed by atoms with Crippen molar-refractivity contribution in [2.75, 3.05) is 12.0 Å². The van der Waals surface area contributed by atoms with Gasteiger partial charge in [0, 0.05) is 0 Å². The number of carbonyl (C=O) groups is 1. The maximum Gasteiger partial charge on any atom is 0.270 e. The highest BCUT2D eigenvalue weighted by Gasteiger charge is 2.33. The van der Waals surface area contributed by atoms with Gasteiger partial charge in [0.25, 0.3) is 5.91 Å². The predicted octanol–water partition coefficient (Wildman–Crippen LogP) is 5.06. The average molecular weight is 504 g/mol. The molecule has 0 unspecified atom stereocenters. The summed E-state index contributed by atoms with van der Waals surface area (Å²) >= 11 is 14.8. The summed E-state index contributed by atoms with van der Waals surface area (Å²) in [5.74, 6) is 0.530. The number of phenols is 1. The molecule has 0 aromatic heterocycles. The monoisotopic (exact) mass is 503 g/mol. The van der Waals surface area contributed by atoms with Crippen molar-refractivity contribution in [2.45, 2.75) is 0 Å². The van der Waals surface area contributed by atoms with Crippen molar-refractivity contribution in [1.82, 2.24) is 0 Å². The number of benzene rings is 2. The fourth-order valence-electron chi connectivity index (χ4n) is 2.25. The van der Waals surface area contributed by atoms with Crippen LogP contribution in [0.25, 0.3) is 6.08 Å². The Morgan fingerprint density at radius 1 is 1.32 bits per heavy atom. The minimum atomic E-state index is -0.209. The Bertz CT molecular complexity index is 917. The minimum Gasteiger partial charge on any atom is -0.507 e. The third-order valence-corrected chi connectivity index (χ3v) is 5.92. The van der Waals surface area contributed by atoms with E-state index in [1.165, 1.54) is 23.8 Å². The van der Waals surface area contributed by atoms with Crippen LogP contribution < -0.4 is 9.64 Å². The van der Waals surface area contributed by atoms with Crippen LogP contribution in [0.2, 0.25) is 5.02 Å². The Kier molecular flexibility index (Phi) is 5.57. The number of amides is 1. The standard InChI is InChI=1S/C17H11ClINO3S2/c1-23-14-5-3-10(8-11(14)18)20-16(22)15(25-17(20)24)7-9-2-4-13(21)12(19)6-9/h2-8,21H,1H3/b15-7-. The fourth-order valence-corrected chi connectivity index (χ4v) is 4.34. The molecule has 4 nitrogen and oxygen atoms in total. The number of carbonyl (C=O) groups excluding carboxylic acids is 1.